The third-order valence-electron chi connectivity index (χ3n) is 4.39. The number of nitrogens with zero attached hydrogens (tertiary/aromatic N) is 2. The maximum absolute atomic E-state index is 10.4. The average molecular weight is 350 g/mol. The van der Waals surface area contributed by atoms with Crippen molar-refractivity contribution >= 4 is 16.7 Å². The van der Waals surface area contributed by atoms with Crippen molar-refractivity contribution < 1.29 is 5.11 Å². The number of para-hydroxylation sites is 2. The van der Waals surface area contributed by atoms with E-state index in [-0.39, 0.29) is 11.8 Å². The third kappa shape index (κ3) is 3.94. The predicted molar refractivity (Wildman–Crippen MR) is 107 cm³/mol. The molecule has 5 nitrogen and oxygen atoms in total. The summed E-state index contributed by atoms with van der Waals surface area (Å²) in [6, 6.07) is 13.5. The van der Waals surface area contributed by atoms with Crippen molar-refractivity contribution in [1.82, 2.24) is 9.97 Å². The molecule has 136 valence electrons. The number of rotatable bonds is 6. The molecule has 4 N–H and O–H groups in total. The fraction of sp³-hybridized carbons (Fsp3) is 0.333. The molecular formula is C21H26N4O. The molecule has 1 aromatic heterocycles. The zero-order valence-corrected chi connectivity index (χ0v) is 15.5. The smallest absolute Gasteiger partial charge is 0.165 e. The van der Waals surface area contributed by atoms with Gasteiger partial charge in [-0.15, -0.1) is 0 Å². The van der Waals surface area contributed by atoms with Crippen LogP contribution >= 0.6 is 0 Å². The summed E-state index contributed by atoms with van der Waals surface area (Å²) >= 11 is 0. The number of nitrogens with two attached hydrogens (primary N) is 1. The molecule has 26 heavy (non-hydrogen) atoms. The van der Waals surface area contributed by atoms with Crippen molar-refractivity contribution in [3.05, 3.63) is 48.0 Å². The molecule has 0 bridgehead atoms. The zero-order chi connectivity index (χ0) is 18.7. The lowest BCUT2D eigenvalue weighted by Gasteiger charge is -2.17. The minimum Gasteiger partial charge on any atom is -0.507 e. The Labute approximate surface area is 154 Å². The first kappa shape index (κ1) is 18.1. The van der Waals surface area contributed by atoms with E-state index in [1.54, 1.807) is 0 Å². The topological polar surface area (TPSA) is 84.1 Å². The highest BCUT2D eigenvalue weighted by molar-refractivity contribution is 5.91. The summed E-state index contributed by atoms with van der Waals surface area (Å²) in [5.41, 5.74) is 8.47. The number of aromatic hydroxyl groups is 1. The van der Waals surface area contributed by atoms with E-state index < -0.39 is 0 Å². The number of fused-ring (bicyclic) bond motifs is 1. The van der Waals surface area contributed by atoms with Crippen LogP contribution in [0.3, 0.4) is 0 Å². The van der Waals surface area contributed by atoms with Crippen LogP contribution in [0.5, 0.6) is 5.75 Å². The second-order valence-corrected chi connectivity index (χ2v) is 7.15. The number of aromatic nitrogens is 2. The second kappa shape index (κ2) is 7.70. The Morgan fingerprint density at radius 1 is 1.08 bits per heavy atom. The molecule has 0 amide bonds. The quantitative estimate of drug-likeness (QED) is 0.623. The molecule has 0 saturated carbocycles. The van der Waals surface area contributed by atoms with Crippen molar-refractivity contribution in [3.63, 3.8) is 0 Å². The first-order valence-electron chi connectivity index (χ1n) is 9.01. The Morgan fingerprint density at radius 3 is 2.62 bits per heavy atom. The largest absolute Gasteiger partial charge is 0.507 e. The van der Waals surface area contributed by atoms with Crippen LogP contribution in [0.2, 0.25) is 0 Å². The second-order valence-electron chi connectivity index (χ2n) is 7.15. The Kier molecular flexibility index (Phi) is 5.38. The molecule has 0 fully saturated rings. The number of aryl methyl sites for hydroxylation is 1. The van der Waals surface area contributed by atoms with Gasteiger partial charge in [0.25, 0.3) is 0 Å². The zero-order valence-electron chi connectivity index (χ0n) is 15.5. The number of phenols is 1. The van der Waals surface area contributed by atoms with Crippen molar-refractivity contribution in [1.29, 1.82) is 0 Å². The van der Waals surface area contributed by atoms with Gasteiger partial charge in [-0.1, -0.05) is 38.1 Å². The Hall–Kier alpha value is -2.66. The van der Waals surface area contributed by atoms with Gasteiger partial charge in [0.1, 0.15) is 11.6 Å². The molecule has 0 aliphatic heterocycles. The summed E-state index contributed by atoms with van der Waals surface area (Å²) < 4.78 is 0. The van der Waals surface area contributed by atoms with Crippen LogP contribution in [0, 0.1) is 12.8 Å². The predicted octanol–water partition coefficient (Wildman–Crippen LogP) is 4.10. The van der Waals surface area contributed by atoms with Crippen molar-refractivity contribution in [2.75, 3.05) is 11.9 Å². The van der Waals surface area contributed by atoms with Gasteiger partial charge in [0.2, 0.25) is 0 Å². The van der Waals surface area contributed by atoms with Gasteiger partial charge in [0.05, 0.1) is 11.1 Å². The molecule has 0 aliphatic rings. The van der Waals surface area contributed by atoms with Crippen LogP contribution in [0.4, 0.5) is 5.82 Å². The van der Waals surface area contributed by atoms with Crippen molar-refractivity contribution in [2.24, 2.45) is 11.7 Å². The molecular weight excluding hydrogens is 324 g/mol. The lowest BCUT2D eigenvalue weighted by molar-refractivity contribution is 0.472. The Bertz CT molecular complexity index is 908. The number of hydrogen-bond donors (Lipinski definition) is 3. The van der Waals surface area contributed by atoms with E-state index in [0.29, 0.717) is 23.9 Å². The lowest BCUT2D eigenvalue weighted by Crippen LogP contribution is -2.30. The van der Waals surface area contributed by atoms with E-state index >= 15 is 0 Å². The van der Waals surface area contributed by atoms with Crippen LogP contribution in [-0.2, 0) is 0 Å². The van der Waals surface area contributed by atoms with Crippen LogP contribution in [-0.4, -0.2) is 27.7 Å². The molecule has 0 radical (unpaired) electrons. The Morgan fingerprint density at radius 2 is 1.85 bits per heavy atom. The summed E-state index contributed by atoms with van der Waals surface area (Å²) in [4.78, 5) is 9.33. The SMILES string of the molecule is Cc1cccc(-c2nc(NC[C@H](N)CC(C)C)c3ccccc3n2)c1O. The summed E-state index contributed by atoms with van der Waals surface area (Å²) in [7, 11) is 0. The van der Waals surface area contributed by atoms with E-state index in [9.17, 15) is 5.11 Å². The number of phenolic OH excluding ortho intramolecular Hbond substituents is 1. The summed E-state index contributed by atoms with van der Waals surface area (Å²) in [5.74, 6) is 2.01. The van der Waals surface area contributed by atoms with E-state index in [1.807, 2.05) is 49.4 Å². The lowest BCUT2D eigenvalue weighted by atomic mass is 10.0. The molecule has 0 spiro atoms. The van der Waals surface area contributed by atoms with Gasteiger partial charge in [-0.3, -0.25) is 0 Å². The van der Waals surface area contributed by atoms with E-state index in [0.717, 1.165) is 28.7 Å². The first-order valence-corrected chi connectivity index (χ1v) is 9.01. The van der Waals surface area contributed by atoms with Crippen molar-refractivity contribution in [2.45, 2.75) is 33.2 Å². The van der Waals surface area contributed by atoms with Crippen LogP contribution in [0.15, 0.2) is 42.5 Å². The fourth-order valence-corrected chi connectivity index (χ4v) is 3.09. The minimum atomic E-state index is 0.0551. The van der Waals surface area contributed by atoms with Gasteiger partial charge in [-0.05, 0) is 43.0 Å². The maximum Gasteiger partial charge on any atom is 0.165 e. The third-order valence-corrected chi connectivity index (χ3v) is 4.39. The van der Waals surface area contributed by atoms with Crippen molar-refractivity contribution in [3.8, 4) is 17.1 Å². The van der Waals surface area contributed by atoms with E-state index in [4.69, 9.17) is 5.73 Å². The maximum atomic E-state index is 10.4. The number of benzene rings is 2. The van der Waals surface area contributed by atoms with Gasteiger partial charge in [-0.25, -0.2) is 9.97 Å². The van der Waals surface area contributed by atoms with Gasteiger partial charge >= 0.3 is 0 Å². The molecule has 2 aromatic carbocycles. The monoisotopic (exact) mass is 350 g/mol. The molecule has 5 heteroatoms. The van der Waals surface area contributed by atoms with Gasteiger partial charge < -0.3 is 16.2 Å². The van der Waals surface area contributed by atoms with Crippen LogP contribution in [0.1, 0.15) is 25.8 Å². The van der Waals surface area contributed by atoms with Gasteiger partial charge in [0, 0.05) is 18.0 Å². The fourth-order valence-electron chi connectivity index (χ4n) is 3.09. The normalized spacial score (nSPS) is 12.5. The average Bonchev–Trinajstić information content (AvgIpc) is 2.61. The van der Waals surface area contributed by atoms with E-state index in [1.165, 1.54) is 0 Å². The highest BCUT2D eigenvalue weighted by atomic mass is 16.3. The molecule has 3 rings (SSSR count). The molecule has 1 heterocycles. The van der Waals surface area contributed by atoms with Crippen LogP contribution < -0.4 is 11.1 Å². The molecule has 0 unspecified atom stereocenters. The summed E-state index contributed by atoms with van der Waals surface area (Å²) in [6.07, 6.45) is 0.946. The van der Waals surface area contributed by atoms with Gasteiger partial charge in [0.15, 0.2) is 5.82 Å². The standard InChI is InChI=1S/C21H26N4O/c1-13(2)11-15(22)12-23-20-16-8-4-5-10-18(16)24-21(25-20)17-9-6-7-14(3)19(17)26/h4-10,13,15,26H,11-12,22H2,1-3H3,(H,23,24,25)/t15-/m1/s1. The number of anilines is 1. The summed E-state index contributed by atoms with van der Waals surface area (Å²) in [5, 5.41) is 14.7. The first-order chi connectivity index (χ1) is 12.5. The highest BCUT2D eigenvalue weighted by Gasteiger charge is 2.14. The molecule has 0 aliphatic carbocycles. The minimum absolute atomic E-state index is 0.0551. The molecule has 1 atom stereocenters. The number of nitrogens with one attached hydrogen (secondary N) is 1. The van der Waals surface area contributed by atoms with Crippen LogP contribution in [0.25, 0.3) is 22.3 Å². The Balaban J connectivity index is 2.00. The molecule has 0 saturated heterocycles. The molecule has 3 aromatic rings. The van der Waals surface area contributed by atoms with E-state index in [2.05, 4.69) is 29.1 Å². The number of hydrogen-bond acceptors (Lipinski definition) is 5. The highest BCUT2D eigenvalue weighted by Crippen LogP contribution is 2.32. The van der Waals surface area contributed by atoms with Gasteiger partial charge in [-0.2, -0.15) is 0 Å². The summed E-state index contributed by atoms with van der Waals surface area (Å²) in [6.45, 7) is 6.83.